The van der Waals surface area contributed by atoms with Gasteiger partial charge in [-0.3, -0.25) is 14.5 Å². The van der Waals surface area contributed by atoms with Crippen LogP contribution in [0, 0.1) is 6.92 Å². The molecule has 1 aliphatic rings. The maximum atomic E-state index is 12.7. The Morgan fingerprint density at radius 2 is 1.97 bits per heavy atom. The normalized spacial score (nSPS) is 15.4. The summed E-state index contributed by atoms with van der Waals surface area (Å²) in [4.78, 5) is 31.5. The van der Waals surface area contributed by atoms with Gasteiger partial charge in [0.2, 0.25) is 5.91 Å². The van der Waals surface area contributed by atoms with Crippen molar-refractivity contribution in [2.24, 2.45) is 0 Å². The van der Waals surface area contributed by atoms with Crippen molar-refractivity contribution in [3.8, 4) is 0 Å². The Labute approximate surface area is 188 Å². The quantitative estimate of drug-likeness (QED) is 0.439. The van der Waals surface area contributed by atoms with Crippen LogP contribution in [-0.4, -0.2) is 32.6 Å². The number of nitrogens with zero attached hydrogens (tertiary/aromatic N) is 2. The molecule has 2 aromatic carbocycles. The zero-order chi connectivity index (χ0) is 21.1. The number of hydrogen-bond donors (Lipinski definition) is 1. The highest BCUT2D eigenvalue weighted by molar-refractivity contribution is 8.26. The third-order valence-electron chi connectivity index (χ3n) is 4.59. The Morgan fingerprint density at radius 3 is 2.73 bits per heavy atom. The van der Waals surface area contributed by atoms with Crippen LogP contribution in [0.5, 0.6) is 0 Å². The molecule has 0 atom stereocenters. The van der Waals surface area contributed by atoms with Crippen LogP contribution in [0.4, 0.5) is 0 Å². The van der Waals surface area contributed by atoms with Gasteiger partial charge in [-0.1, -0.05) is 65.9 Å². The summed E-state index contributed by atoms with van der Waals surface area (Å²) in [6, 6.07) is 15.8. The number of thiazole rings is 1. The van der Waals surface area contributed by atoms with E-state index >= 15 is 0 Å². The van der Waals surface area contributed by atoms with E-state index in [4.69, 9.17) is 12.2 Å². The van der Waals surface area contributed by atoms with Crippen LogP contribution >= 0.6 is 35.3 Å². The van der Waals surface area contributed by atoms with Crippen molar-refractivity contribution in [3.63, 3.8) is 0 Å². The third-order valence-corrected chi connectivity index (χ3v) is 7.00. The number of carbonyl (C=O) groups is 2. The van der Waals surface area contributed by atoms with Crippen LogP contribution < -0.4 is 5.32 Å². The molecule has 30 heavy (non-hydrogen) atoms. The van der Waals surface area contributed by atoms with Gasteiger partial charge in [-0.15, -0.1) is 11.3 Å². The number of para-hydroxylation sites is 1. The van der Waals surface area contributed by atoms with Gasteiger partial charge in [-0.25, -0.2) is 4.98 Å². The van der Waals surface area contributed by atoms with Gasteiger partial charge in [0.15, 0.2) is 0 Å². The molecule has 5 nitrogen and oxygen atoms in total. The lowest BCUT2D eigenvalue weighted by Gasteiger charge is -2.13. The molecule has 1 N–H and O–H groups in total. The molecule has 4 rings (SSSR count). The van der Waals surface area contributed by atoms with Crippen molar-refractivity contribution in [1.82, 2.24) is 15.2 Å². The average Bonchev–Trinajstić information content (AvgIpc) is 3.27. The number of thiocarbonyl (C=S) groups is 1. The van der Waals surface area contributed by atoms with Gasteiger partial charge in [0.25, 0.3) is 5.91 Å². The molecule has 2 heterocycles. The topological polar surface area (TPSA) is 62.3 Å². The van der Waals surface area contributed by atoms with Gasteiger partial charge < -0.3 is 5.32 Å². The molecule has 1 aromatic heterocycles. The second kappa shape index (κ2) is 9.07. The van der Waals surface area contributed by atoms with Gasteiger partial charge in [-0.05, 0) is 30.7 Å². The van der Waals surface area contributed by atoms with E-state index in [0.29, 0.717) is 15.8 Å². The third kappa shape index (κ3) is 4.77. The highest BCUT2D eigenvalue weighted by Gasteiger charge is 2.32. The van der Waals surface area contributed by atoms with E-state index < -0.39 is 0 Å². The summed E-state index contributed by atoms with van der Waals surface area (Å²) in [7, 11) is 0. The van der Waals surface area contributed by atoms with Crippen molar-refractivity contribution < 1.29 is 9.59 Å². The first-order chi connectivity index (χ1) is 14.5. The fourth-order valence-electron chi connectivity index (χ4n) is 2.98. The number of aryl methyl sites for hydroxylation is 1. The number of nitrogens with one attached hydrogen (secondary N) is 1. The Bertz CT molecular complexity index is 1120. The molecule has 2 amide bonds. The number of benzene rings is 2. The van der Waals surface area contributed by atoms with E-state index in [-0.39, 0.29) is 24.8 Å². The largest absolute Gasteiger partial charge is 0.350 e. The summed E-state index contributed by atoms with van der Waals surface area (Å²) in [6.07, 6.45) is 2.03. The smallest absolute Gasteiger partial charge is 0.266 e. The second-order valence-corrected chi connectivity index (χ2v) is 9.64. The van der Waals surface area contributed by atoms with E-state index in [2.05, 4.69) is 10.3 Å². The fourth-order valence-corrected chi connectivity index (χ4v) is 5.19. The number of thioether (sulfide) groups is 1. The summed E-state index contributed by atoms with van der Waals surface area (Å²) in [5.41, 5.74) is 3.05. The SMILES string of the molecule is Cc1ccc(/C=C2\SC(=S)N(CCC(=O)NCc3nc4ccccc4s3)C2=O)cc1. The highest BCUT2D eigenvalue weighted by atomic mass is 32.2. The highest BCUT2D eigenvalue weighted by Crippen LogP contribution is 2.32. The summed E-state index contributed by atoms with van der Waals surface area (Å²) < 4.78 is 1.58. The van der Waals surface area contributed by atoms with Crippen LogP contribution in [0.25, 0.3) is 16.3 Å². The molecule has 0 spiro atoms. The lowest BCUT2D eigenvalue weighted by Crippen LogP contribution is -2.33. The molecule has 0 saturated carbocycles. The molecular formula is C22H19N3O2S3. The predicted molar refractivity (Wildman–Crippen MR) is 127 cm³/mol. The minimum atomic E-state index is -0.149. The number of amides is 2. The molecule has 0 radical (unpaired) electrons. The first-order valence-corrected chi connectivity index (χ1v) is 11.5. The first kappa shape index (κ1) is 20.7. The van der Waals surface area contributed by atoms with Crippen molar-refractivity contribution in [3.05, 3.63) is 69.6 Å². The Balaban J connectivity index is 1.31. The summed E-state index contributed by atoms with van der Waals surface area (Å²) >= 11 is 8.19. The Hall–Kier alpha value is -2.55. The van der Waals surface area contributed by atoms with Gasteiger partial charge in [-0.2, -0.15) is 0 Å². The maximum absolute atomic E-state index is 12.7. The first-order valence-electron chi connectivity index (χ1n) is 9.43. The van der Waals surface area contributed by atoms with E-state index in [1.165, 1.54) is 16.7 Å². The molecule has 0 bridgehead atoms. The minimum absolute atomic E-state index is 0.133. The fraction of sp³-hybridized carbons (Fsp3) is 0.182. The summed E-state index contributed by atoms with van der Waals surface area (Å²) in [5.74, 6) is -0.282. The predicted octanol–water partition coefficient (Wildman–Crippen LogP) is 4.51. The van der Waals surface area contributed by atoms with Gasteiger partial charge in [0, 0.05) is 13.0 Å². The van der Waals surface area contributed by atoms with E-state index in [1.54, 1.807) is 11.3 Å². The lowest BCUT2D eigenvalue weighted by atomic mass is 10.1. The van der Waals surface area contributed by atoms with Crippen molar-refractivity contribution in [2.45, 2.75) is 19.9 Å². The van der Waals surface area contributed by atoms with Crippen molar-refractivity contribution >= 4 is 67.7 Å². The molecular weight excluding hydrogens is 434 g/mol. The van der Waals surface area contributed by atoms with Crippen LogP contribution in [-0.2, 0) is 16.1 Å². The van der Waals surface area contributed by atoms with Gasteiger partial charge >= 0.3 is 0 Å². The van der Waals surface area contributed by atoms with Crippen LogP contribution in [0.3, 0.4) is 0 Å². The second-order valence-electron chi connectivity index (χ2n) is 6.85. The molecule has 1 fully saturated rings. The molecule has 1 aliphatic heterocycles. The Kier molecular flexibility index (Phi) is 6.26. The lowest BCUT2D eigenvalue weighted by molar-refractivity contribution is -0.123. The maximum Gasteiger partial charge on any atom is 0.266 e. The minimum Gasteiger partial charge on any atom is -0.350 e. The van der Waals surface area contributed by atoms with E-state index in [1.807, 2.05) is 61.5 Å². The van der Waals surface area contributed by atoms with Crippen molar-refractivity contribution in [2.75, 3.05) is 6.54 Å². The number of rotatable bonds is 6. The molecule has 152 valence electrons. The zero-order valence-electron chi connectivity index (χ0n) is 16.3. The van der Waals surface area contributed by atoms with Gasteiger partial charge in [0.05, 0.1) is 21.7 Å². The number of hydrogen-bond acceptors (Lipinski definition) is 6. The molecule has 0 aliphatic carbocycles. The van der Waals surface area contributed by atoms with Crippen molar-refractivity contribution in [1.29, 1.82) is 0 Å². The standard InChI is InChI=1S/C22H19N3O2S3/c1-14-6-8-15(9-7-14)12-18-21(27)25(22(28)30-18)11-10-19(26)23-13-20-24-16-4-2-3-5-17(16)29-20/h2-9,12H,10-11,13H2,1H3,(H,23,26)/b18-12-. The average molecular weight is 454 g/mol. The molecule has 0 unspecified atom stereocenters. The molecule has 3 aromatic rings. The summed E-state index contributed by atoms with van der Waals surface area (Å²) in [5, 5.41) is 3.73. The van der Waals surface area contributed by atoms with E-state index in [9.17, 15) is 9.59 Å². The zero-order valence-corrected chi connectivity index (χ0v) is 18.7. The monoisotopic (exact) mass is 453 g/mol. The van der Waals surface area contributed by atoms with Crippen LogP contribution in [0.15, 0.2) is 53.4 Å². The summed E-state index contributed by atoms with van der Waals surface area (Å²) in [6.45, 7) is 2.66. The van der Waals surface area contributed by atoms with Gasteiger partial charge in [0.1, 0.15) is 9.33 Å². The molecule has 1 saturated heterocycles. The van der Waals surface area contributed by atoms with E-state index in [0.717, 1.165) is 26.4 Å². The number of fused-ring (bicyclic) bond motifs is 1. The molecule has 8 heteroatoms. The Morgan fingerprint density at radius 1 is 1.20 bits per heavy atom. The number of aromatic nitrogens is 1. The van der Waals surface area contributed by atoms with Crippen LogP contribution in [0.1, 0.15) is 22.6 Å². The number of carbonyl (C=O) groups excluding carboxylic acids is 2. The van der Waals surface area contributed by atoms with Crippen LogP contribution in [0.2, 0.25) is 0 Å².